The van der Waals surface area contributed by atoms with E-state index in [0.717, 1.165) is 36.2 Å². The van der Waals surface area contributed by atoms with Gasteiger partial charge in [0, 0.05) is 24.8 Å². The van der Waals surface area contributed by atoms with E-state index in [2.05, 4.69) is 4.90 Å². The van der Waals surface area contributed by atoms with Gasteiger partial charge in [0.05, 0.1) is 0 Å². The molecule has 1 saturated carbocycles. The SMILES string of the molecule is C[C@@H](N)c1cc(F)ccc1N1CC2CCCC2C1. The van der Waals surface area contributed by atoms with Gasteiger partial charge in [0.15, 0.2) is 0 Å². The number of hydrogen-bond acceptors (Lipinski definition) is 2. The molecule has 1 saturated heterocycles. The number of nitrogens with zero attached hydrogens (tertiary/aromatic N) is 1. The van der Waals surface area contributed by atoms with Crippen LogP contribution in [0.4, 0.5) is 10.1 Å². The molecular weight excluding hydrogens is 227 g/mol. The topological polar surface area (TPSA) is 29.3 Å². The van der Waals surface area contributed by atoms with Crippen LogP contribution in [0.3, 0.4) is 0 Å². The van der Waals surface area contributed by atoms with E-state index < -0.39 is 0 Å². The van der Waals surface area contributed by atoms with E-state index in [-0.39, 0.29) is 11.9 Å². The molecule has 1 aromatic carbocycles. The lowest BCUT2D eigenvalue weighted by Gasteiger charge is -2.24. The van der Waals surface area contributed by atoms with Crippen molar-refractivity contribution in [3.05, 3.63) is 29.6 Å². The second-order valence-corrected chi connectivity index (χ2v) is 5.85. The Hall–Kier alpha value is -1.09. The number of rotatable bonds is 2. The van der Waals surface area contributed by atoms with Crippen molar-refractivity contribution in [1.82, 2.24) is 0 Å². The second-order valence-electron chi connectivity index (χ2n) is 5.85. The fourth-order valence-corrected chi connectivity index (χ4v) is 3.61. The fourth-order valence-electron chi connectivity index (χ4n) is 3.61. The smallest absolute Gasteiger partial charge is 0.123 e. The maximum Gasteiger partial charge on any atom is 0.123 e. The molecule has 0 aromatic heterocycles. The predicted molar refractivity (Wildman–Crippen MR) is 72.0 cm³/mol. The van der Waals surface area contributed by atoms with Crippen molar-refractivity contribution < 1.29 is 4.39 Å². The molecule has 0 radical (unpaired) electrons. The molecule has 1 aliphatic heterocycles. The molecule has 1 aromatic rings. The van der Waals surface area contributed by atoms with E-state index >= 15 is 0 Å². The van der Waals surface area contributed by atoms with Crippen LogP contribution < -0.4 is 10.6 Å². The minimum absolute atomic E-state index is 0.115. The molecule has 0 spiro atoms. The average Bonchev–Trinajstić information content (AvgIpc) is 2.88. The van der Waals surface area contributed by atoms with Crippen molar-refractivity contribution in [1.29, 1.82) is 0 Å². The van der Waals surface area contributed by atoms with Crippen LogP contribution in [0.5, 0.6) is 0 Å². The molecule has 2 fully saturated rings. The van der Waals surface area contributed by atoms with Crippen molar-refractivity contribution in [2.24, 2.45) is 17.6 Å². The highest BCUT2D eigenvalue weighted by molar-refractivity contribution is 5.56. The van der Waals surface area contributed by atoms with Crippen LogP contribution in [0, 0.1) is 17.7 Å². The Morgan fingerprint density at radius 2 is 1.94 bits per heavy atom. The summed E-state index contributed by atoms with van der Waals surface area (Å²) in [5, 5.41) is 0. The summed E-state index contributed by atoms with van der Waals surface area (Å²) in [4.78, 5) is 2.41. The van der Waals surface area contributed by atoms with Gasteiger partial charge in [0.25, 0.3) is 0 Å². The van der Waals surface area contributed by atoms with Gasteiger partial charge in [-0.3, -0.25) is 0 Å². The van der Waals surface area contributed by atoms with Crippen molar-refractivity contribution in [3.63, 3.8) is 0 Å². The summed E-state index contributed by atoms with van der Waals surface area (Å²) < 4.78 is 13.4. The molecule has 1 heterocycles. The van der Waals surface area contributed by atoms with E-state index in [9.17, 15) is 4.39 Å². The molecule has 2 aliphatic rings. The van der Waals surface area contributed by atoms with Gasteiger partial charge in [-0.05, 0) is 55.4 Å². The van der Waals surface area contributed by atoms with E-state index in [1.165, 1.54) is 19.3 Å². The van der Waals surface area contributed by atoms with Gasteiger partial charge in [0.2, 0.25) is 0 Å². The van der Waals surface area contributed by atoms with E-state index in [1.807, 2.05) is 13.0 Å². The Labute approximate surface area is 108 Å². The van der Waals surface area contributed by atoms with E-state index in [0.29, 0.717) is 0 Å². The number of benzene rings is 1. The normalized spacial score (nSPS) is 28.5. The molecule has 3 heteroatoms. The third kappa shape index (κ3) is 2.01. The van der Waals surface area contributed by atoms with E-state index in [1.54, 1.807) is 12.1 Å². The van der Waals surface area contributed by atoms with Crippen LogP contribution in [0.25, 0.3) is 0 Å². The van der Waals surface area contributed by atoms with Gasteiger partial charge in [0.1, 0.15) is 5.82 Å². The first-order chi connectivity index (χ1) is 8.65. The minimum atomic E-state index is -0.189. The Kier molecular flexibility index (Phi) is 3.02. The van der Waals surface area contributed by atoms with Crippen LogP contribution in [0.1, 0.15) is 37.8 Å². The summed E-state index contributed by atoms with van der Waals surface area (Å²) >= 11 is 0. The predicted octanol–water partition coefficient (Wildman–Crippen LogP) is 3.08. The Morgan fingerprint density at radius 1 is 1.28 bits per heavy atom. The number of anilines is 1. The Balaban J connectivity index is 1.88. The molecule has 18 heavy (non-hydrogen) atoms. The van der Waals surface area contributed by atoms with Crippen LogP contribution >= 0.6 is 0 Å². The average molecular weight is 248 g/mol. The van der Waals surface area contributed by atoms with Gasteiger partial charge in [-0.15, -0.1) is 0 Å². The second kappa shape index (κ2) is 4.54. The zero-order chi connectivity index (χ0) is 12.7. The molecule has 98 valence electrons. The molecule has 2 nitrogen and oxygen atoms in total. The molecule has 3 rings (SSSR count). The Morgan fingerprint density at radius 3 is 2.56 bits per heavy atom. The highest BCUT2D eigenvalue weighted by Gasteiger charge is 2.36. The summed E-state index contributed by atoms with van der Waals surface area (Å²) in [5.74, 6) is 1.50. The van der Waals surface area contributed by atoms with Gasteiger partial charge in [-0.25, -0.2) is 4.39 Å². The third-order valence-corrected chi connectivity index (χ3v) is 4.55. The van der Waals surface area contributed by atoms with E-state index in [4.69, 9.17) is 5.73 Å². The van der Waals surface area contributed by atoms with Gasteiger partial charge in [-0.2, -0.15) is 0 Å². The largest absolute Gasteiger partial charge is 0.371 e. The first-order valence-corrected chi connectivity index (χ1v) is 6.95. The van der Waals surface area contributed by atoms with Gasteiger partial charge < -0.3 is 10.6 Å². The fraction of sp³-hybridized carbons (Fsp3) is 0.600. The Bertz CT molecular complexity index is 432. The van der Waals surface area contributed by atoms with Crippen molar-refractivity contribution in [3.8, 4) is 0 Å². The van der Waals surface area contributed by atoms with Crippen LogP contribution in [0.2, 0.25) is 0 Å². The maximum absolute atomic E-state index is 13.4. The van der Waals surface area contributed by atoms with Crippen molar-refractivity contribution >= 4 is 5.69 Å². The highest BCUT2D eigenvalue weighted by atomic mass is 19.1. The summed E-state index contributed by atoms with van der Waals surface area (Å²) in [6.45, 7) is 4.17. The molecule has 1 aliphatic carbocycles. The van der Waals surface area contributed by atoms with Crippen molar-refractivity contribution in [2.45, 2.75) is 32.2 Å². The molecule has 2 N–H and O–H groups in total. The molecule has 0 bridgehead atoms. The van der Waals surface area contributed by atoms with Crippen LogP contribution in [-0.2, 0) is 0 Å². The molecular formula is C15H21FN2. The highest BCUT2D eigenvalue weighted by Crippen LogP contribution is 2.41. The summed E-state index contributed by atoms with van der Waals surface area (Å²) in [7, 11) is 0. The number of hydrogen-bond donors (Lipinski definition) is 1. The lowest BCUT2D eigenvalue weighted by atomic mass is 10.0. The summed E-state index contributed by atoms with van der Waals surface area (Å²) in [5.41, 5.74) is 8.05. The van der Waals surface area contributed by atoms with Crippen LogP contribution in [-0.4, -0.2) is 13.1 Å². The lowest BCUT2D eigenvalue weighted by molar-refractivity contribution is 0.494. The molecule has 2 unspecified atom stereocenters. The summed E-state index contributed by atoms with van der Waals surface area (Å²) in [6.07, 6.45) is 4.10. The molecule has 0 amide bonds. The standard InChI is InChI=1S/C15H21FN2/c1-10(17)14-7-13(16)5-6-15(14)18-8-11-3-2-4-12(11)9-18/h5-7,10-12H,2-4,8-9,17H2,1H3/t10-,11?,12?/m1/s1. The maximum atomic E-state index is 13.4. The van der Waals surface area contributed by atoms with Gasteiger partial charge >= 0.3 is 0 Å². The van der Waals surface area contributed by atoms with Crippen molar-refractivity contribution in [2.75, 3.05) is 18.0 Å². The number of fused-ring (bicyclic) bond motifs is 1. The first kappa shape index (κ1) is 12.0. The lowest BCUT2D eigenvalue weighted by Crippen LogP contribution is -2.23. The number of nitrogens with two attached hydrogens (primary N) is 1. The molecule has 3 atom stereocenters. The quantitative estimate of drug-likeness (QED) is 0.871. The third-order valence-electron chi connectivity index (χ3n) is 4.55. The summed E-state index contributed by atoms with van der Waals surface area (Å²) in [6, 6.07) is 4.93. The monoisotopic (exact) mass is 248 g/mol. The van der Waals surface area contributed by atoms with Gasteiger partial charge in [-0.1, -0.05) is 6.42 Å². The minimum Gasteiger partial charge on any atom is -0.371 e. The zero-order valence-corrected chi connectivity index (χ0v) is 10.9. The van der Waals surface area contributed by atoms with Crippen LogP contribution in [0.15, 0.2) is 18.2 Å². The zero-order valence-electron chi connectivity index (χ0n) is 10.9. The first-order valence-electron chi connectivity index (χ1n) is 6.95. The number of halogens is 1.